The third-order valence-corrected chi connectivity index (χ3v) is 4.83. The highest BCUT2D eigenvalue weighted by molar-refractivity contribution is 7.89. The van der Waals surface area contributed by atoms with E-state index in [1.807, 2.05) is 0 Å². The molecule has 0 aliphatic rings. The molecule has 0 spiro atoms. The molecule has 0 aliphatic carbocycles. The highest BCUT2D eigenvalue weighted by Gasteiger charge is 2.22. The first-order valence-corrected chi connectivity index (χ1v) is 7.50. The molecule has 5 nitrogen and oxygen atoms in total. The molecule has 0 heterocycles. The van der Waals surface area contributed by atoms with E-state index in [1.165, 1.54) is 0 Å². The number of nitrogens with one attached hydrogen (secondary N) is 1. The molecule has 6 heteroatoms. The summed E-state index contributed by atoms with van der Waals surface area (Å²) in [5.41, 5.74) is 2.51. The molecule has 1 aromatic carbocycles. The predicted molar refractivity (Wildman–Crippen MR) is 72.9 cm³/mol. The number of benzene rings is 1. The van der Waals surface area contributed by atoms with Gasteiger partial charge in [-0.05, 0) is 43.0 Å². The molecule has 0 aromatic heterocycles. The van der Waals surface area contributed by atoms with Crippen molar-refractivity contribution >= 4 is 16.0 Å². The van der Waals surface area contributed by atoms with E-state index in [2.05, 4.69) is 4.72 Å². The molecule has 2 N–H and O–H groups in total. The molecular weight excluding hydrogens is 266 g/mol. The first-order chi connectivity index (χ1) is 8.70. The lowest BCUT2D eigenvalue weighted by molar-refractivity contribution is -0.136. The minimum Gasteiger partial charge on any atom is -0.481 e. The number of carboxylic acid groups (broad SMARTS) is 1. The second-order valence-corrected chi connectivity index (χ2v) is 6.22. The lowest BCUT2D eigenvalue weighted by atomic mass is 9.97. The average molecular weight is 285 g/mol. The monoisotopic (exact) mass is 285 g/mol. The highest BCUT2D eigenvalue weighted by atomic mass is 32.2. The number of aryl methyl sites for hydroxylation is 2. The molecule has 1 rings (SSSR count). The van der Waals surface area contributed by atoms with Crippen LogP contribution >= 0.6 is 0 Å². The number of carboxylic acids is 1. The van der Waals surface area contributed by atoms with Crippen LogP contribution in [0.1, 0.15) is 29.2 Å². The Morgan fingerprint density at radius 1 is 1.26 bits per heavy atom. The van der Waals surface area contributed by atoms with E-state index in [1.54, 1.807) is 33.8 Å². The normalized spacial score (nSPS) is 11.6. The van der Waals surface area contributed by atoms with Gasteiger partial charge in [-0.3, -0.25) is 4.79 Å². The molecule has 106 valence electrons. The maximum atomic E-state index is 12.2. The van der Waals surface area contributed by atoms with E-state index in [4.69, 9.17) is 5.11 Å². The summed E-state index contributed by atoms with van der Waals surface area (Å²) in [4.78, 5) is 11.1. The number of aliphatic carboxylic acids is 1. The fourth-order valence-corrected chi connectivity index (χ4v) is 3.84. The molecule has 1 aromatic rings. The molecule has 0 amide bonds. The zero-order valence-corrected chi connectivity index (χ0v) is 12.4. The lowest BCUT2D eigenvalue weighted by Gasteiger charge is -2.16. The van der Waals surface area contributed by atoms with Crippen molar-refractivity contribution in [1.29, 1.82) is 0 Å². The average Bonchev–Trinajstić information content (AvgIpc) is 2.22. The summed E-state index contributed by atoms with van der Waals surface area (Å²) in [5.74, 6) is -0.971. The van der Waals surface area contributed by atoms with Crippen LogP contribution in [-0.4, -0.2) is 26.0 Å². The molecule has 0 bridgehead atoms. The molecule has 0 saturated heterocycles. The van der Waals surface area contributed by atoms with Crippen molar-refractivity contribution in [3.8, 4) is 0 Å². The van der Waals surface area contributed by atoms with Gasteiger partial charge in [0, 0.05) is 6.54 Å². The number of rotatable bonds is 5. The van der Waals surface area contributed by atoms with Crippen molar-refractivity contribution < 1.29 is 18.3 Å². The quantitative estimate of drug-likeness (QED) is 0.859. The Labute approximate surface area is 113 Å². The molecule has 0 radical (unpaired) electrons. The maximum Gasteiger partial charge on any atom is 0.307 e. The van der Waals surface area contributed by atoms with Crippen LogP contribution in [0, 0.1) is 20.8 Å². The summed E-state index contributed by atoms with van der Waals surface area (Å²) in [6, 6.07) is 1.72. The summed E-state index contributed by atoms with van der Waals surface area (Å²) in [6.07, 6.45) is -0.174. The first-order valence-electron chi connectivity index (χ1n) is 6.01. The molecule has 0 fully saturated rings. The first kappa shape index (κ1) is 15.7. The van der Waals surface area contributed by atoms with Crippen LogP contribution in [0.5, 0.6) is 0 Å². The van der Waals surface area contributed by atoms with Gasteiger partial charge in [0.1, 0.15) is 0 Å². The van der Waals surface area contributed by atoms with Crippen LogP contribution < -0.4 is 4.72 Å². The Balaban J connectivity index is 3.54. The van der Waals surface area contributed by atoms with E-state index in [0.717, 1.165) is 5.56 Å². The Kier molecular flexibility index (Phi) is 4.70. The smallest absolute Gasteiger partial charge is 0.307 e. The SMILES string of the molecule is CCNS(=O)(=O)c1c(C)cc(C)c(CC(=O)O)c1C. The summed E-state index contributed by atoms with van der Waals surface area (Å²) >= 11 is 0. The number of sulfonamides is 1. The van der Waals surface area contributed by atoms with Crippen LogP contribution in [-0.2, 0) is 21.2 Å². The van der Waals surface area contributed by atoms with Crippen LogP contribution in [0.2, 0.25) is 0 Å². The molecule has 0 unspecified atom stereocenters. The Hall–Kier alpha value is -1.40. The van der Waals surface area contributed by atoms with Crippen LogP contribution in [0.25, 0.3) is 0 Å². The summed E-state index contributed by atoms with van der Waals surface area (Å²) in [7, 11) is -3.59. The van der Waals surface area contributed by atoms with E-state index < -0.39 is 16.0 Å². The standard InChI is InChI=1S/C13H19NO4S/c1-5-14-19(17,18)13-9(3)6-8(2)11(10(13)4)7-12(15)16/h6,14H,5,7H2,1-4H3,(H,15,16). The topological polar surface area (TPSA) is 83.5 Å². The Morgan fingerprint density at radius 2 is 1.84 bits per heavy atom. The fraction of sp³-hybridized carbons (Fsp3) is 0.462. The second-order valence-electron chi connectivity index (χ2n) is 4.51. The lowest BCUT2D eigenvalue weighted by Crippen LogP contribution is -2.25. The van der Waals surface area contributed by atoms with Gasteiger partial charge in [-0.2, -0.15) is 0 Å². The predicted octanol–water partition coefficient (Wildman–Crippen LogP) is 1.54. The number of hydrogen-bond donors (Lipinski definition) is 2. The van der Waals surface area contributed by atoms with Crippen molar-refractivity contribution in [3.63, 3.8) is 0 Å². The van der Waals surface area contributed by atoms with E-state index in [9.17, 15) is 13.2 Å². The summed E-state index contributed by atoms with van der Waals surface area (Å²) in [5, 5.41) is 8.92. The van der Waals surface area contributed by atoms with Gasteiger partial charge in [-0.25, -0.2) is 13.1 Å². The maximum absolute atomic E-state index is 12.2. The summed E-state index contributed by atoms with van der Waals surface area (Å²) < 4.78 is 26.8. The Bertz CT molecular complexity index is 606. The van der Waals surface area contributed by atoms with Gasteiger partial charge in [0.25, 0.3) is 0 Å². The van der Waals surface area contributed by atoms with Gasteiger partial charge >= 0.3 is 5.97 Å². The third kappa shape index (κ3) is 3.33. The molecule has 0 aliphatic heterocycles. The zero-order chi connectivity index (χ0) is 14.8. The minimum atomic E-state index is -3.59. The van der Waals surface area contributed by atoms with Crippen molar-refractivity contribution in [2.75, 3.05) is 6.54 Å². The van der Waals surface area contributed by atoms with Gasteiger partial charge in [0.2, 0.25) is 10.0 Å². The molecular formula is C13H19NO4S. The highest BCUT2D eigenvalue weighted by Crippen LogP contribution is 2.26. The van der Waals surface area contributed by atoms with Gasteiger partial charge < -0.3 is 5.11 Å². The zero-order valence-electron chi connectivity index (χ0n) is 11.6. The molecule has 19 heavy (non-hydrogen) atoms. The van der Waals surface area contributed by atoms with Crippen LogP contribution in [0.3, 0.4) is 0 Å². The molecule has 0 saturated carbocycles. The van der Waals surface area contributed by atoms with E-state index >= 15 is 0 Å². The van der Waals surface area contributed by atoms with Crippen LogP contribution in [0.15, 0.2) is 11.0 Å². The largest absolute Gasteiger partial charge is 0.481 e. The van der Waals surface area contributed by atoms with Gasteiger partial charge in [-0.15, -0.1) is 0 Å². The third-order valence-electron chi connectivity index (χ3n) is 2.99. The number of carbonyl (C=O) groups is 1. The van der Waals surface area contributed by atoms with Gasteiger partial charge in [0.05, 0.1) is 11.3 Å². The van der Waals surface area contributed by atoms with E-state index in [0.29, 0.717) is 23.2 Å². The van der Waals surface area contributed by atoms with Crippen molar-refractivity contribution in [1.82, 2.24) is 4.72 Å². The molecule has 0 atom stereocenters. The number of hydrogen-bond acceptors (Lipinski definition) is 3. The van der Waals surface area contributed by atoms with Gasteiger partial charge in [0.15, 0.2) is 0 Å². The van der Waals surface area contributed by atoms with Gasteiger partial charge in [-0.1, -0.05) is 13.0 Å². The van der Waals surface area contributed by atoms with E-state index in [-0.39, 0.29) is 11.3 Å². The fourth-order valence-electron chi connectivity index (χ4n) is 2.30. The van der Waals surface area contributed by atoms with Crippen molar-refractivity contribution in [2.24, 2.45) is 0 Å². The van der Waals surface area contributed by atoms with Crippen LogP contribution in [0.4, 0.5) is 0 Å². The second kappa shape index (κ2) is 5.71. The summed E-state index contributed by atoms with van der Waals surface area (Å²) in [6.45, 7) is 7.16. The van der Waals surface area contributed by atoms with Crippen molar-refractivity contribution in [2.45, 2.75) is 39.0 Å². The van der Waals surface area contributed by atoms with Crippen molar-refractivity contribution in [3.05, 3.63) is 28.3 Å². The minimum absolute atomic E-state index is 0.174. The Morgan fingerprint density at radius 3 is 2.32 bits per heavy atom.